The number of hydrogen-bond donors (Lipinski definition) is 0. The summed E-state index contributed by atoms with van der Waals surface area (Å²) in [6.07, 6.45) is -8.18. The van der Waals surface area contributed by atoms with Crippen LogP contribution < -0.4 is 0 Å². The maximum atomic E-state index is 12.6. The molecule has 0 fully saturated rings. The summed E-state index contributed by atoms with van der Waals surface area (Å²) in [5.41, 5.74) is -3.09. The SMILES string of the molecule is CCC(=O)c1c(C(F)F)cccc1C(F)(F)F. The van der Waals surface area contributed by atoms with Gasteiger partial charge in [0.05, 0.1) is 5.56 Å². The van der Waals surface area contributed by atoms with Crippen LogP contribution in [-0.2, 0) is 6.18 Å². The summed E-state index contributed by atoms with van der Waals surface area (Å²) >= 11 is 0. The highest BCUT2D eigenvalue weighted by Crippen LogP contribution is 2.36. The summed E-state index contributed by atoms with van der Waals surface area (Å²) in [6.45, 7) is 1.32. The van der Waals surface area contributed by atoms with Gasteiger partial charge in [-0.25, -0.2) is 8.78 Å². The van der Waals surface area contributed by atoms with Gasteiger partial charge >= 0.3 is 6.18 Å². The summed E-state index contributed by atoms with van der Waals surface area (Å²) in [4.78, 5) is 11.4. The molecule has 0 radical (unpaired) electrons. The van der Waals surface area contributed by atoms with Crippen LogP contribution in [0.15, 0.2) is 18.2 Å². The lowest BCUT2D eigenvalue weighted by atomic mass is 9.96. The summed E-state index contributed by atoms with van der Waals surface area (Å²) in [5, 5.41) is 0. The van der Waals surface area contributed by atoms with Crippen molar-refractivity contribution in [3.05, 3.63) is 34.9 Å². The molecule has 0 bridgehead atoms. The molecular weight excluding hydrogens is 243 g/mol. The average molecular weight is 252 g/mol. The molecule has 0 aliphatic heterocycles. The third kappa shape index (κ3) is 2.81. The Bertz CT molecular complexity index is 422. The van der Waals surface area contributed by atoms with Gasteiger partial charge in [-0.3, -0.25) is 4.79 Å². The Kier molecular flexibility index (Phi) is 3.85. The summed E-state index contributed by atoms with van der Waals surface area (Å²) in [5.74, 6) is -0.937. The van der Waals surface area contributed by atoms with E-state index in [4.69, 9.17) is 0 Å². The van der Waals surface area contributed by atoms with E-state index in [2.05, 4.69) is 0 Å². The van der Waals surface area contributed by atoms with Gasteiger partial charge in [-0.15, -0.1) is 0 Å². The van der Waals surface area contributed by atoms with E-state index in [9.17, 15) is 26.7 Å². The van der Waals surface area contributed by atoms with Gasteiger partial charge in [-0.2, -0.15) is 13.2 Å². The van der Waals surface area contributed by atoms with E-state index < -0.39 is 35.1 Å². The van der Waals surface area contributed by atoms with E-state index in [0.29, 0.717) is 6.07 Å². The molecule has 0 saturated carbocycles. The van der Waals surface area contributed by atoms with Gasteiger partial charge in [0.25, 0.3) is 6.43 Å². The highest BCUT2D eigenvalue weighted by Gasteiger charge is 2.37. The number of alkyl halides is 5. The second-order valence-corrected chi connectivity index (χ2v) is 3.34. The highest BCUT2D eigenvalue weighted by molar-refractivity contribution is 5.99. The van der Waals surface area contributed by atoms with Crippen molar-refractivity contribution >= 4 is 5.78 Å². The molecule has 0 spiro atoms. The second-order valence-electron chi connectivity index (χ2n) is 3.34. The molecular formula is C11H9F5O. The molecule has 1 nitrogen and oxygen atoms in total. The van der Waals surface area contributed by atoms with Crippen LogP contribution in [0.4, 0.5) is 22.0 Å². The second kappa shape index (κ2) is 4.81. The van der Waals surface area contributed by atoms with Crippen molar-refractivity contribution in [1.29, 1.82) is 0 Å². The van der Waals surface area contributed by atoms with Crippen molar-refractivity contribution in [2.24, 2.45) is 0 Å². The maximum absolute atomic E-state index is 12.6. The molecule has 94 valence electrons. The Hall–Kier alpha value is -1.46. The zero-order valence-electron chi connectivity index (χ0n) is 8.81. The lowest BCUT2D eigenvalue weighted by Gasteiger charge is -2.15. The van der Waals surface area contributed by atoms with E-state index >= 15 is 0 Å². The molecule has 0 heterocycles. The normalized spacial score (nSPS) is 11.9. The lowest BCUT2D eigenvalue weighted by Crippen LogP contribution is -2.15. The van der Waals surface area contributed by atoms with Crippen molar-refractivity contribution in [2.45, 2.75) is 25.9 Å². The van der Waals surface area contributed by atoms with Crippen LogP contribution in [0.2, 0.25) is 0 Å². The first kappa shape index (κ1) is 13.6. The number of hydrogen-bond acceptors (Lipinski definition) is 1. The number of rotatable bonds is 3. The molecule has 0 aliphatic rings. The predicted octanol–water partition coefficient (Wildman–Crippen LogP) is 4.24. The molecule has 1 rings (SSSR count). The van der Waals surface area contributed by atoms with Crippen LogP contribution in [0.5, 0.6) is 0 Å². The van der Waals surface area contributed by atoms with Crippen LogP contribution >= 0.6 is 0 Å². The van der Waals surface area contributed by atoms with Crippen LogP contribution in [0.1, 0.15) is 41.3 Å². The third-order valence-electron chi connectivity index (χ3n) is 2.24. The smallest absolute Gasteiger partial charge is 0.294 e. The van der Waals surface area contributed by atoms with Gasteiger partial charge in [0.2, 0.25) is 0 Å². The van der Waals surface area contributed by atoms with Crippen LogP contribution in [0.3, 0.4) is 0 Å². The monoisotopic (exact) mass is 252 g/mol. The fraction of sp³-hybridized carbons (Fsp3) is 0.364. The molecule has 0 aromatic heterocycles. The first-order valence-corrected chi connectivity index (χ1v) is 4.80. The predicted molar refractivity (Wildman–Crippen MR) is 51.0 cm³/mol. The number of benzene rings is 1. The van der Waals surface area contributed by atoms with Gasteiger partial charge in [0, 0.05) is 17.5 Å². The topological polar surface area (TPSA) is 17.1 Å². The van der Waals surface area contributed by atoms with E-state index in [1.165, 1.54) is 6.92 Å². The fourth-order valence-electron chi connectivity index (χ4n) is 1.48. The molecule has 0 saturated heterocycles. The Morgan fingerprint density at radius 2 is 1.88 bits per heavy atom. The summed E-state index contributed by atoms with van der Waals surface area (Å²) < 4.78 is 62.9. The van der Waals surface area contributed by atoms with Crippen molar-refractivity contribution in [2.75, 3.05) is 0 Å². The molecule has 0 aliphatic carbocycles. The van der Waals surface area contributed by atoms with E-state index in [1.54, 1.807) is 0 Å². The third-order valence-corrected chi connectivity index (χ3v) is 2.24. The molecule has 1 aromatic rings. The van der Waals surface area contributed by atoms with Gasteiger partial charge in [0.1, 0.15) is 0 Å². The maximum Gasteiger partial charge on any atom is 0.417 e. The quantitative estimate of drug-likeness (QED) is 0.581. The molecule has 6 heteroatoms. The minimum absolute atomic E-state index is 0.257. The lowest BCUT2D eigenvalue weighted by molar-refractivity contribution is -0.138. The van der Waals surface area contributed by atoms with Crippen LogP contribution in [0, 0.1) is 0 Å². The van der Waals surface area contributed by atoms with Crippen molar-refractivity contribution in [1.82, 2.24) is 0 Å². The van der Waals surface area contributed by atoms with Crippen LogP contribution in [0.25, 0.3) is 0 Å². The largest absolute Gasteiger partial charge is 0.417 e. The number of ketones is 1. The number of carbonyl (C=O) groups is 1. The van der Waals surface area contributed by atoms with E-state index in [0.717, 1.165) is 12.1 Å². The Morgan fingerprint density at radius 1 is 1.29 bits per heavy atom. The Morgan fingerprint density at radius 3 is 2.29 bits per heavy atom. The Balaban J connectivity index is 3.51. The standard InChI is InChI=1S/C11H9F5O/c1-2-8(17)9-6(10(12)13)4-3-5-7(9)11(14,15)16/h3-5,10H,2H2,1H3. The van der Waals surface area contributed by atoms with Crippen molar-refractivity contribution in [3.8, 4) is 0 Å². The van der Waals surface area contributed by atoms with Crippen LogP contribution in [-0.4, -0.2) is 5.78 Å². The molecule has 0 atom stereocenters. The molecule has 0 N–H and O–H groups in total. The Labute approximate surface area is 94.2 Å². The van der Waals surface area contributed by atoms with Crippen molar-refractivity contribution in [3.63, 3.8) is 0 Å². The van der Waals surface area contributed by atoms with Crippen molar-refractivity contribution < 1.29 is 26.7 Å². The van der Waals surface area contributed by atoms with Gasteiger partial charge in [-0.05, 0) is 6.07 Å². The molecule has 0 amide bonds. The minimum atomic E-state index is -4.81. The number of halogens is 5. The zero-order valence-corrected chi connectivity index (χ0v) is 8.81. The summed E-state index contributed by atoms with van der Waals surface area (Å²) in [7, 11) is 0. The summed E-state index contributed by atoms with van der Waals surface area (Å²) in [6, 6.07) is 2.34. The minimum Gasteiger partial charge on any atom is -0.294 e. The molecule has 17 heavy (non-hydrogen) atoms. The first-order chi connectivity index (χ1) is 7.79. The van der Waals surface area contributed by atoms with E-state index in [-0.39, 0.29) is 6.42 Å². The van der Waals surface area contributed by atoms with Gasteiger partial charge in [0.15, 0.2) is 5.78 Å². The molecule has 0 unspecified atom stereocenters. The average Bonchev–Trinajstić information content (AvgIpc) is 2.25. The molecule has 1 aromatic carbocycles. The first-order valence-electron chi connectivity index (χ1n) is 4.80. The highest BCUT2D eigenvalue weighted by atomic mass is 19.4. The van der Waals surface area contributed by atoms with Gasteiger partial charge < -0.3 is 0 Å². The number of carbonyl (C=O) groups excluding carboxylic acids is 1. The fourth-order valence-corrected chi connectivity index (χ4v) is 1.48. The zero-order chi connectivity index (χ0) is 13.2. The number of Topliss-reactive ketones (excluding diaryl/α,β-unsaturated/α-hetero) is 1. The van der Waals surface area contributed by atoms with E-state index in [1.807, 2.05) is 0 Å². The van der Waals surface area contributed by atoms with Gasteiger partial charge in [-0.1, -0.05) is 19.1 Å².